The largest absolute Gasteiger partial charge is 0.508 e. The maximum Gasteiger partial charge on any atom is 0.119 e. The van der Waals surface area contributed by atoms with Crippen molar-refractivity contribution in [2.45, 2.75) is 31.7 Å². The number of ether oxygens (including phenoxy) is 2. The summed E-state index contributed by atoms with van der Waals surface area (Å²) in [5.74, 6) is 0.757. The molecule has 0 saturated heterocycles. The van der Waals surface area contributed by atoms with E-state index in [1.165, 1.54) is 12.1 Å². The van der Waals surface area contributed by atoms with Gasteiger partial charge in [0.25, 0.3) is 0 Å². The van der Waals surface area contributed by atoms with Gasteiger partial charge in [-0.15, -0.1) is 5.73 Å². The predicted molar refractivity (Wildman–Crippen MR) is 133 cm³/mol. The topological polar surface area (TPSA) is 79.2 Å². The van der Waals surface area contributed by atoms with Crippen LogP contribution in [0.3, 0.4) is 0 Å². The van der Waals surface area contributed by atoms with E-state index < -0.39 is 12.2 Å². The average Bonchev–Trinajstić information content (AvgIpc) is 2.83. The number of aliphatic hydroxyl groups excluding tert-OH is 2. The Hall–Kier alpha value is -3.05. The fraction of sp³-hybridized carbons (Fsp3) is 0.250. The average molecular weight is 481 g/mol. The Morgan fingerprint density at radius 1 is 0.971 bits per heavy atom. The number of benzene rings is 3. The first-order chi connectivity index (χ1) is 16.5. The molecule has 5 nitrogen and oxygen atoms in total. The molecule has 0 aliphatic rings. The fourth-order valence-electron chi connectivity index (χ4n) is 3.31. The van der Waals surface area contributed by atoms with Gasteiger partial charge in [-0.1, -0.05) is 66.2 Å². The van der Waals surface area contributed by atoms with E-state index in [0.29, 0.717) is 29.4 Å². The summed E-state index contributed by atoms with van der Waals surface area (Å²) in [6.45, 7) is 0.844. The Bertz CT molecular complexity index is 1080. The first kappa shape index (κ1) is 25.6. The van der Waals surface area contributed by atoms with Gasteiger partial charge in [0.15, 0.2) is 0 Å². The van der Waals surface area contributed by atoms with Gasteiger partial charge >= 0.3 is 0 Å². The van der Waals surface area contributed by atoms with E-state index in [1.807, 2.05) is 60.7 Å². The van der Waals surface area contributed by atoms with Gasteiger partial charge in [0.05, 0.1) is 30.4 Å². The van der Waals surface area contributed by atoms with Crippen molar-refractivity contribution >= 4 is 11.6 Å². The molecule has 2 atom stereocenters. The van der Waals surface area contributed by atoms with Crippen LogP contribution >= 0.6 is 11.6 Å². The summed E-state index contributed by atoms with van der Waals surface area (Å²) in [5, 5.41) is 30.8. The van der Waals surface area contributed by atoms with E-state index in [4.69, 9.17) is 21.1 Å². The van der Waals surface area contributed by atoms with Crippen LogP contribution in [0.1, 0.15) is 30.1 Å². The molecule has 34 heavy (non-hydrogen) atoms. The molecular formula is C28H29ClO5. The molecule has 0 radical (unpaired) electrons. The van der Waals surface area contributed by atoms with Gasteiger partial charge in [-0.2, -0.15) is 0 Å². The highest BCUT2D eigenvalue weighted by Crippen LogP contribution is 2.28. The summed E-state index contributed by atoms with van der Waals surface area (Å²) >= 11 is 6.12. The minimum absolute atomic E-state index is 0.0419. The molecule has 0 aliphatic carbocycles. The number of hydrogen-bond acceptors (Lipinski definition) is 5. The van der Waals surface area contributed by atoms with Gasteiger partial charge in [0.2, 0.25) is 0 Å². The molecule has 0 bridgehead atoms. The van der Waals surface area contributed by atoms with Crippen LogP contribution in [-0.4, -0.2) is 34.6 Å². The number of rotatable bonds is 12. The van der Waals surface area contributed by atoms with Crippen molar-refractivity contribution in [2.75, 3.05) is 13.2 Å². The summed E-state index contributed by atoms with van der Waals surface area (Å²) in [7, 11) is 0. The van der Waals surface area contributed by atoms with Gasteiger partial charge in [-0.25, -0.2) is 0 Å². The van der Waals surface area contributed by atoms with E-state index in [0.717, 1.165) is 11.1 Å². The van der Waals surface area contributed by atoms with Crippen molar-refractivity contribution in [1.82, 2.24) is 0 Å². The molecule has 3 N–H and O–H groups in total. The molecule has 0 aliphatic heterocycles. The third-order valence-corrected chi connectivity index (χ3v) is 5.38. The van der Waals surface area contributed by atoms with Crippen LogP contribution in [0.25, 0.3) is 0 Å². The molecule has 0 saturated carbocycles. The third kappa shape index (κ3) is 8.71. The number of aliphatic hydroxyl groups is 2. The molecule has 0 spiro atoms. The van der Waals surface area contributed by atoms with Crippen molar-refractivity contribution in [3.05, 3.63) is 112 Å². The number of hydrogen-bond donors (Lipinski definition) is 3. The van der Waals surface area contributed by atoms with Crippen molar-refractivity contribution < 1.29 is 24.8 Å². The minimum atomic E-state index is -0.851. The molecule has 3 aromatic carbocycles. The lowest BCUT2D eigenvalue weighted by Crippen LogP contribution is -2.18. The molecule has 3 aromatic rings. The molecule has 0 fully saturated rings. The molecule has 0 aromatic heterocycles. The third-order valence-electron chi connectivity index (χ3n) is 5.05. The predicted octanol–water partition coefficient (Wildman–Crippen LogP) is 5.60. The van der Waals surface area contributed by atoms with Crippen molar-refractivity contribution in [1.29, 1.82) is 0 Å². The van der Waals surface area contributed by atoms with E-state index >= 15 is 0 Å². The Morgan fingerprint density at radius 2 is 1.68 bits per heavy atom. The summed E-state index contributed by atoms with van der Waals surface area (Å²) in [6, 6.07) is 23.6. The first-order valence-corrected chi connectivity index (χ1v) is 11.5. The quantitative estimate of drug-likeness (QED) is 0.294. The Kier molecular flexibility index (Phi) is 10.2. The second-order valence-electron chi connectivity index (χ2n) is 7.87. The monoisotopic (exact) mass is 480 g/mol. The SMILES string of the molecule is Oc1ccc([C@H](O)CC=C=C(COc2ccccc2)C[C@@H](O)COCc2ccccc2)c(Cl)c1. The molecule has 0 heterocycles. The maximum absolute atomic E-state index is 10.5. The van der Waals surface area contributed by atoms with Crippen LogP contribution in [0.4, 0.5) is 0 Å². The highest BCUT2D eigenvalue weighted by atomic mass is 35.5. The number of halogens is 1. The normalized spacial score (nSPS) is 12.4. The molecule has 3 rings (SSSR count). The van der Waals surface area contributed by atoms with Gasteiger partial charge < -0.3 is 24.8 Å². The van der Waals surface area contributed by atoms with Gasteiger partial charge in [0, 0.05) is 18.4 Å². The molecule has 6 heteroatoms. The molecular weight excluding hydrogens is 452 g/mol. The standard InChI is InChI=1S/C28H29ClO5/c29-27-17-23(30)14-15-26(27)28(32)13-7-10-22(19-34-25-11-5-2-6-12-25)16-24(31)20-33-18-21-8-3-1-4-9-21/h1-9,11-12,14-15,17,24,28,30-32H,13,16,18-20H2/t10?,24-,28-/m1/s1. The summed E-state index contributed by atoms with van der Waals surface area (Å²) < 4.78 is 11.5. The second kappa shape index (κ2) is 13.6. The van der Waals surface area contributed by atoms with E-state index in [9.17, 15) is 15.3 Å². The van der Waals surface area contributed by atoms with Crippen LogP contribution in [0.5, 0.6) is 11.5 Å². The number of aromatic hydroxyl groups is 1. The summed E-state index contributed by atoms with van der Waals surface area (Å²) in [4.78, 5) is 0. The zero-order valence-corrected chi connectivity index (χ0v) is 19.6. The highest BCUT2D eigenvalue weighted by molar-refractivity contribution is 6.31. The smallest absolute Gasteiger partial charge is 0.119 e. The van der Waals surface area contributed by atoms with Gasteiger partial charge in [0.1, 0.15) is 18.1 Å². The number of phenolic OH excluding ortho intramolecular Hbond substituents is 1. The van der Waals surface area contributed by atoms with Crippen molar-refractivity contribution in [2.24, 2.45) is 0 Å². The lowest BCUT2D eigenvalue weighted by molar-refractivity contribution is 0.0280. The Balaban J connectivity index is 1.61. The van der Waals surface area contributed by atoms with E-state index in [1.54, 1.807) is 12.1 Å². The van der Waals surface area contributed by atoms with Crippen LogP contribution in [0.15, 0.2) is 96.2 Å². The highest BCUT2D eigenvalue weighted by Gasteiger charge is 2.12. The van der Waals surface area contributed by atoms with Gasteiger partial charge in [-0.3, -0.25) is 0 Å². The zero-order chi connectivity index (χ0) is 24.2. The first-order valence-electron chi connectivity index (χ1n) is 11.1. The second-order valence-corrected chi connectivity index (χ2v) is 8.28. The van der Waals surface area contributed by atoms with E-state index in [-0.39, 0.29) is 25.4 Å². The van der Waals surface area contributed by atoms with Crippen molar-refractivity contribution in [3.63, 3.8) is 0 Å². The van der Waals surface area contributed by atoms with E-state index in [2.05, 4.69) is 5.73 Å². The number of para-hydroxylation sites is 1. The van der Waals surface area contributed by atoms with Crippen LogP contribution < -0.4 is 4.74 Å². The van der Waals surface area contributed by atoms with Crippen LogP contribution in [0, 0.1) is 0 Å². The van der Waals surface area contributed by atoms with Crippen molar-refractivity contribution in [3.8, 4) is 11.5 Å². The maximum atomic E-state index is 10.5. The molecule has 0 unspecified atom stereocenters. The van der Waals surface area contributed by atoms with Crippen LogP contribution in [0.2, 0.25) is 5.02 Å². The Morgan fingerprint density at radius 3 is 2.38 bits per heavy atom. The summed E-state index contributed by atoms with van der Waals surface area (Å²) in [5.41, 5.74) is 5.46. The number of phenols is 1. The van der Waals surface area contributed by atoms with Crippen LogP contribution in [-0.2, 0) is 11.3 Å². The minimum Gasteiger partial charge on any atom is -0.508 e. The lowest BCUT2D eigenvalue weighted by Gasteiger charge is -2.14. The summed E-state index contributed by atoms with van der Waals surface area (Å²) in [6.07, 6.45) is 0.704. The zero-order valence-electron chi connectivity index (χ0n) is 18.8. The fourth-order valence-corrected chi connectivity index (χ4v) is 3.61. The lowest BCUT2D eigenvalue weighted by atomic mass is 10.1. The van der Waals surface area contributed by atoms with Gasteiger partial charge in [-0.05, 0) is 41.5 Å². The molecule has 178 valence electrons. The molecule has 0 amide bonds. The Labute approximate surface area is 205 Å².